The van der Waals surface area contributed by atoms with Crippen LogP contribution in [0.1, 0.15) is 96.8 Å². The normalized spacial score (nSPS) is 12.6. The molecule has 0 bridgehead atoms. The van der Waals surface area contributed by atoms with Crippen molar-refractivity contribution in [1.82, 2.24) is 0 Å². The first-order chi connectivity index (χ1) is 18.6. The lowest BCUT2D eigenvalue weighted by Crippen LogP contribution is -2.14. The van der Waals surface area contributed by atoms with E-state index in [9.17, 15) is 43.7 Å². The van der Waals surface area contributed by atoms with Gasteiger partial charge < -0.3 is 19.0 Å². The largest absolute Gasteiger partial charge is 0.744 e. The molecule has 1 N–H and O–H groups in total. The van der Waals surface area contributed by atoms with Crippen LogP contribution >= 0.6 is 0 Å². The molecule has 0 aliphatic carbocycles. The minimum atomic E-state index is -5.39. The molecule has 40 heavy (non-hydrogen) atoms. The van der Waals surface area contributed by atoms with Crippen molar-refractivity contribution < 1.29 is 43.7 Å². The zero-order valence-electron chi connectivity index (χ0n) is 22.5. The molecule has 0 radical (unpaired) electrons. The summed E-state index contributed by atoms with van der Waals surface area (Å²) in [4.78, 5) is 9.42. The summed E-state index contributed by atoms with van der Waals surface area (Å²) in [5.41, 5.74) is -0.476. The SMILES string of the molecule is CCCCCCCCCCCCCCCC(=O)Nc1cc(S(=O)(=O)[O-])cc2cc(S(=O)(=O)[O-])cc(S(=O)(=O)[O-])c12. The summed E-state index contributed by atoms with van der Waals surface area (Å²) in [5.74, 6) is -0.625. The van der Waals surface area contributed by atoms with Gasteiger partial charge >= 0.3 is 0 Å². The van der Waals surface area contributed by atoms with Gasteiger partial charge in [-0.1, -0.05) is 84.0 Å². The van der Waals surface area contributed by atoms with Gasteiger partial charge in [0.2, 0.25) is 5.91 Å². The first-order valence-corrected chi connectivity index (χ1v) is 17.7. The number of nitrogens with one attached hydrogen (secondary N) is 1. The predicted octanol–water partition coefficient (Wildman–Crippen LogP) is 4.97. The highest BCUT2D eigenvalue weighted by molar-refractivity contribution is 7.87. The quantitative estimate of drug-likeness (QED) is 0.175. The highest BCUT2D eigenvalue weighted by Crippen LogP contribution is 2.35. The number of carbonyl (C=O) groups is 1. The fraction of sp³-hybridized carbons (Fsp3) is 0.577. The minimum absolute atomic E-state index is 0.0000864. The van der Waals surface area contributed by atoms with Crippen LogP contribution in [0.5, 0.6) is 0 Å². The number of fused-ring (bicyclic) bond motifs is 1. The average molecular weight is 619 g/mol. The van der Waals surface area contributed by atoms with E-state index in [0.717, 1.165) is 25.7 Å². The summed E-state index contributed by atoms with van der Waals surface area (Å²) in [7, 11) is -15.8. The van der Waals surface area contributed by atoms with Crippen LogP contribution in [0.25, 0.3) is 10.8 Å². The summed E-state index contributed by atoms with van der Waals surface area (Å²) in [6.45, 7) is 2.20. The van der Waals surface area contributed by atoms with Gasteiger partial charge in [-0.25, -0.2) is 25.3 Å². The van der Waals surface area contributed by atoms with Gasteiger partial charge in [-0.05, 0) is 36.1 Å². The van der Waals surface area contributed by atoms with E-state index in [1.54, 1.807) is 0 Å². The minimum Gasteiger partial charge on any atom is -0.744 e. The molecule has 0 atom stereocenters. The monoisotopic (exact) mass is 618 g/mol. The van der Waals surface area contributed by atoms with Gasteiger partial charge in [-0.15, -0.1) is 0 Å². The Morgan fingerprint density at radius 1 is 0.625 bits per heavy atom. The fourth-order valence-electron chi connectivity index (χ4n) is 4.52. The summed E-state index contributed by atoms with van der Waals surface area (Å²) < 4.78 is 105. The molecule has 0 saturated carbocycles. The Bertz CT molecular complexity index is 1480. The number of carbonyl (C=O) groups excluding carboxylic acids is 1. The Labute approximate surface area is 237 Å². The molecule has 0 aliphatic heterocycles. The molecule has 2 aromatic carbocycles. The molecule has 0 heterocycles. The summed E-state index contributed by atoms with van der Waals surface area (Å²) in [5, 5.41) is 1.33. The van der Waals surface area contributed by atoms with E-state index in [1.165, 1.54) is 51.4 Å². The van der Waals surface area contributed by atoms with Gasteiger partial charge in [-0.2, -0.15) is 0 Å². The van der Waals surface area contributed by atoms with Gasteiger partial charge in [0.25, 0.3) is 0 Å². The van der Waals surface area contributed by atoms with Gasteiger partial charge in [0.05, 0.1) is 20.4 Å². The maximum atomic E-state index is 12.6. The lowest BCUT2D eigenvalue weighted by molar-refractivity contribution is -0.116. The number of unbranched alkanes of at least 4 members (excludes halogenated alkanes) is 12. The van der Waals surface area contributed by atoms with Crippen molar-refractivity contribution in [2.45, 2.75) is 112 Å². The van der Waals surface area contributed by atoms with Crippen LogP contribution in [0.3, 0.4) is 0 Å². The number of hydrogen-bond donors (Lipinski definition) is 1. The Morgan fingerprint density at radius 3 is 1.48 bits per heavy atom. The zero-order chi connectivity index (χ0) is 30.0. The number of anilines is 1. The Hall–Kier alpha value is -2.10. The summed E-state index contributed by atoms with van der Waals surface area (Å²) in [6.07, 6.45) is 14.3. The molecule has 14 heteroatoms. The summed E-state index contributed by atoms with van der Waals surface area (Å²) in [6, 6.07) is 2.33. The van der Waals surface area contributed by atoms with Crippen molar-refractivity contribution in [2.75, 3.05) is 5.32 Å². The van der Waals surface area contributed by atoms with Crippen molar-refractivity contribution in [2.24, 2.45) is 0 Å². The average Bonchev–Trinajstić information content (AvgIpc) is 2.84. The molecular weight excluding hydrogens is 582 g/mol. The second-order valence-corrected chi connectivity index (χ2v) is 14.0. The highest BCUT2D eigenvalue weighted by Gasteiger charge is 2.19. The highest BCUT2D eigenvalue weighted by atomic mass is 32.2. The standard InChI is InChI=1S/C26H39NO10S3/c1-2-3-4-5-6-7-8-9-10-11-12-13-14-15-25(28)27-23-18-21(38(29,30)31)16-20-17-22(39(32,33)34)19-24(26(20)23)40(35,36)37/h16-19H,2-15H2,1H3,(H,27,28)(H,29,30,31)(H,32,33,34)(H,35,36,37)/p-3. The molecule has 11 nitrogen and oxygen atoms in total. The van der Waals surface area contributed by atoms with Crippen LogP contribution in [0.4, 0.5) is 5.69 Å². The molecule has 0 unspecified atom stereocenters. The maximum absolute atomic E-state index is 12.6. The van der Waals surface area contributed by atoms with Gasteiger partial charge in [-0.3, -0.25) is 4.79 Å². The van der Waals surface area contributed by atoms with Crippen molar-refractivity contribution in [1.29, 1.82) is 0 Å². The topological polar surface area (TPSA) is 201 Å². The van der Waals surface area contributed by atoms with Gasteiger partial charge in [0, 0.05) is 11.8 Å². The third kappa shape index (κ3) is 11.1. The van der Waals surface area contributed by atoms with Gasteiger partial charge in [0.15, 0.2) is 0 Å². The molecular formula is C26H36NO10S3-3. The van der Waals surface area contributed by atoms with E-state index in [4.69, 9.17) is 0 Å². The first kappa shape index (κ1) is 34.1. The zero-order valence-corrected chi connectivity index (χ0v) is 25.0. The molecule has 2 aromatic rings. The number of hydrogen-bond acceptors (Lipinski definition) is 10. The second-order valence-electron chi connectivity index (χ2n) is 9.89. The lowest BCUT2D eigenvalue weighted by atomic mass is 10.0. The van der Waals surface area contributed by atoms with Crippen molar-refractivity contribution in [3.8, 4) is 0 Å². The molecule has 0 aliphatic rings. The molecule has 2 rings (SSSR count). The van der Waals surface area contributed by atoms with Crippen LogP contribution in [0.15, 0.2) is 39.0 Å². The third-order valence-corrected chi connectivity index (χ3v) is 9.07. The Morgan fingerprint density at radius 2 is 1.05 bits per heavy atom. The van der Waals surface area contributed by atoms with E-state index < -0.39 is 67.4 Å². The second kappa shape index (κ2) is 15.2. The predicted molar refractivity (Wildman–Crippen MR) is 147 cm³/mol. The molecule has 0 fully saturated rings. The molecule has 0 spiro atoms. The number of rotatable bonds is 18. The van der Waals surface area contributed by atoms with Crippen LogP contribution in [0, 0.1) is 0 Å². The van der Waals surface area contributed by atoms with Crippen molar-refractivity contribution in [3.63, 3.8) is 0 Å². The Balaban J connectivity index is 2.05. The van der Waals surface area contributed by atoms with Crippen LogP contribution in [-0.2, 0) is 35.1 Å². The lowest BCUT2D eigenvalue weighted by Gasteiger charge is -2.19. The third-order valence-electron chi connectivity index (χ3n) is 6.59. The van der Waals surface area contributed by atoms with E-state index in [0.29, 0.717) is 30.7 Å². The molecule has 0 saturated heterocycles. The van der Waals surface area contributed by atoms with Crippen LogP contribution in [0.2, 0.25) is 0 Å². The fourth-order valence-corrected chi connectivity index (χ4v) is 6.41. The first-order valence-electron chi connectivity index (χ1n) is 13.4. The number of amides is 1. The van der Waals surface area contributed by atoms with Crippen molar-refractivity contribution in [3.05, 3.63) is 24.3 Å². The number of benzene rings is 2. The molecule has 0 aromatic heterocycles. The van der Waals surface area contributed by atoms with Crippen LogP contribution < -0.4 is 5.32 Å². The van der Waals surface area contributed by atoms with E-state index in [2.05, 4.69) is 12.2 Å². The van der Waals surface area contributed by atoms with Crippen LogP contribution in [-0.4, -0.2) is 44.8 Å². The van der Waals surface area contributed by atoms with E-state index >= 15 is 0 Å². The van der Waals surface area contributed by atoms with E-state index in [1.807, 2.05) is 0 Å². The van der Waals surface area contributed by atoms with Gasteiger partial charge in [0.1, 0.15) is 30.4 Å². The summed E-state index contributed by atoms with van der Waals surface area (Å²) >= 11 is 0. The molecule has 1 amide bonds. The smallest absolute Gasteiger partial charge is 0.224 e. The van der Waals surface area contributed by atoms with E-state index in [-0.39, 0.29) is 6.42 Å². The Kier molecular flexibility index (Phi) is 13.0. The molecule has 226 valence electrons. The maximum Gasteiger partial charge on any atom is 0.224 e. The van der Waals surface area contributed by atoms with Crippen molar-refractivity contribution >= 4 is 52.7 Å².